The van der Waals surface area contributed by atoms with Crippen LogP contribution in [-0.2, 0) is 25.6 Å². The van der Waals surface area contributed by atoms with Crippen LogP contribution in [0.3, 0.4) is 0 Å². The van der Waals surface area contributed by atoms with Gasteiger partial charge in [0.15, 0.2) is 6.10 Å². The van der Waals surface area contributed by atoms with Crippen LogP contribution in [0.1, 0.15) is 24.2 Å². The highest BCUT2D eigenvalue weighted by Gasteiger charge is 2.47. The molecule has 1 fully saturated rings. The second-order valence-corrected chi connectivity index (χ2v) is 6.34. The lowest BCUT2D eigenvalue weighted by molar-refractivity contribution is -0.177. The maximum Gasteiger partial charge on any atom is 0.293 e. The summed E-state index contributed by atoms with van der Waals surface area (Å²) < 4.78 is 11.0. The Morgan fingerprint density at radius 3 is 2.44 bits per heavy atom. The van der Waals surface area contributed by atoms with E-state index < -0.39 is 11.6 Å². The second-order valence-electron chi connectivity index (χ2n) is 6.34. The van der Waals surface area contributed by atoms with E-state index in [0.29, 0.717) is 19.6 Å². The summed E-state index contributed by atoms with van der Waals surface area (Å²) in [6.45, 7) is 3.09. The van der Waals surface area contributed by atoms with Crippen molar-refractivity contribution in [2.45, 2.75) is 25.1 Å². The first-order chi connectivity index (χ1) is 12.1. The molecule has 25 heavy (non-hydrogen) atoms. The van der Waals surface area contributed by atoms with Crippen molar-refractivity contribution in [3.63, 3.8) is 0 Å². The van der Waals surface area contributed by atoms with Gasteiger partial charge in [-0.2, -0.15) is 0 Å². The quantitative estimate of drug-likeness (QED) is 0.760. The van der Waals surface area contributed by atoms with Gasteiger partial charge >= 0.3 is 0 Å². The van der Waals surface area contributed by atoms with Crippen LogP contribution >= 0.6 is 0 Å². The van der Waals surface area contributed by atoms with Crippen molar-refractivity contribution >= 4 is 12.4 Å². The van der Waals surface area contributed by atoms with E-state index >= 15 is 0 Å². The molecule has 2 aromatic carbocycles. The van der Waals surface area contributed by atoms with Gasteiger partial charge in [0.2, 0.25) is 5.91 Å². The Morgan fingerprint density at radius 2 is 1.80 bits per heavy atom. The normalized spacial score (nSPS) is 21.6. The molecule has 2 unspecified atom stereocenters. The predicted octanol–water partition coefficient (Wildman–Crippen LogP) is 2.72. The monoisotopic (exact) mass is 339 g/mol. The van der Waals surface area contributed by atoms with Crippen LogP contribution in [0, 0.1) is 0 Å². The molecule has 2 aromatic rings. The summed E-state index contributed by atoms with van der Waals surface area (Å²) in [5, 5.41) is 0. The number of carbonyl (C=O) groups excluding carboxylic acids is 2. The molecule has 2 atom stereocenters. The molecule has 5 nitrogen and oxygen atoms in total. The number of rotatable bonds is 6. The number of carbonyl (C=O) groups is 2. The minimum absolute atomic E-state index is 0.0328. The van der Waals surface area contributed by atoms with Gasteiger partial charge in [0, 0.05) is 6.54 Å². The highest BCUT2D eigenvalue weighted by atomic mass is 16.5. The number of ether oxygens (including phenoxy) is 2. The van der Waals surface area contributed by atoms with E-state index in [1.165, 1.54) is 0 Å². The van der Waals surface area contributed by atoms with Gasteiger partial charge in [-0.25, -0.2) is 0 Å². The van der Waals surface area contributed by atoms with E-state index in [9.17, 15) is 9.59 Å². The average Bonchev–Trinajstić information content (AvgIpc) is 2.64. The number of benzene rings is 2. The molecule has 5 heteroatoms. The first-order valence-corrected chi connectivity index (χ1v) is 8.21. The van der Waals surface area contributed by atoms with Crippen molar-refractivity contribution in [1.29, 1.82) is 0 Å². The molecule has 0 aliphatic carbocycles. The van der Waals surface area contributed by atoms with E-state index in [0.717, 1.165) is 11.1 Å². The minimum Gasteiger partial charge on any atom is -0.457 e. The standard InChI is InChI=1S/C20H21NO4/c1-20(19(25-15-22)17-10-6-3-7-11-17)14-24-13-18(23)21(20)12-16-8-4-2-5-9-16/h2-11,15,19H,12-14H2,1H3. The molecule has 130 valence electrons. The van der Waals surface area contributed by atoms with Gasteiger partial charge in [-0.1, -0.05) is 60.7 Å². The Labute approximate surface area is 147 Å². The summed E-state index contributed by atoms with van der Waals surface area (Å²) in [4.78, 5) is 25.5. The van der Waals surface area contributed by atoms with Gasteiger partial charge in [0.25, 0.3) is 6.47 Å². The third kappa shape index (κ3) is 3.56. The summed E-state index contributed by atoms with van der Waals surface area (Å²) in [5.74, 6) is -0.118. The van der Waals surface area contributed by atoms with Crippen molar-refractivity contribution in [2.75, 3.05) is 13.2 Å². The Bertz CT molecular complexity index is 719. The second kappa shape index (κ2) is 7.49. The smallest absolute Gasteiger partial charge is 0.293 e. The lowest BCUT2D eigenvalue weighted by atomic mass is 9.86. The molecule has 0 N–H and O–H groups in total. The Kier molecular flexibility index (Phi) is 5.14. The summed E-state index contributed by atoms with van der Waals surface area (Å²) in [6.07, 6.45) is -0.612. The van der Waals surface area contributed by atoms with Crippen molar-refractivity contribution in [3.8, 4) is 0 Å². The third-order valence-corrected chi connectivity index (χ3v) is 4.58. The molecule has 1 aliphatic rings. The molecular weight excluding hydrogens is 318 g/mol. The SMILES string of the molecule is CC1(C(OC=O)c2ccccc2)COCC(=O)N1Cc1ccccc1. The predicted molar refractivity (Wildman–Crippen MR) is 92.5 cm³/mol. The molecular formula is C20H21NO4. The van der Waals surface area contributed by atoms with Gasteiger partial charge in [-0.05, 0) is 18.1 Å². The molecule has 1 aliphatic heterocycles. The highest BCUT2D eigenvalue weighted by Crippen LogP contribution is 2.37. The molecule has 0 saturated carbocycles. The van der Waals surface area contributed by atoms with Gasteiger partial charge in [-0.15, -0.1) is 0 Å². The number of nitrogens with zero attached hydrogens (tertiary/aromatic N) is 1. The summed E-state index contributed by atoms with van der Waals surface area (Å²) in [7, 11) is 0. The molecule has 1 saturated heterocycles. The topological polar surface area (TPSA) is 55.8 Å². The fraction of sp³-hybridized carbons (Fsp3) is 0.300. The van der Waals surface area contributed by atoms with Crippen molar-refractivity contribution in [2.24, 2.45) is 0 Å². The summed E-state index contributed by atoms with van der Waals surface area (Å²) >= 11 is 0. The van der Waals surface area contributed by atoms with Crippen LogP contribution in [0.5, 0.6) is 0 Å². The zero-order valence-electron chi connectivity index (χ0n) is 14.1. The van der Waals surface area contributed by atoms with Gasteiger partial charge in [-0.3, -0.25) is 9.59 Å². The average molecular weight is 339 g/mol. The number of amides is 1. The molecule has 0 aromatic heterocycles. The Morgan fingerprint density at radius 1 is 1.16 bits per heavy atom. The number of morpholine rings is 1. The zero-order valence-corrected chi connectivity index (χ0v) is 14.1. The van der Waals surface area contributed by atoms with Crippen molar-refractivity contribution < 1.29 is 19.1 Å². The molecule has 0 radical (unpaired) electrons. The van der Waals surface area contributed by atoms with Crippen molar-refractivity contribution in [3.05, 3.63) is 71.8 Å². The Balaban J connectivity index is 1.98. The highest BCUT2D eigenvalue weighted by molar-refractivity contribution is 5.79. The first-order valence-electron chi connectivity index (χ1n) is 8.21. The fourth-order valence-electron chi connectivity index (χ4n) is 3.31. The lowest BCUT2D eigenvalue weighted by Gasteiger charge is -2.47. The van der Waals surface area contributed by atoms with Crippen LogP contribution < -0.4 is 0 Å². The van der Waals surface area contributed by atoms with Gasteiger partial charge in [0.1, 0.15) is 12.1 Å². The number of hydrogen-bond acceptors (Lipinski definition) is 4. The van der Waals surface area contributed by atoms with E-state index in [1.807, 2.05) is 67.6 Å². The molecule has 1 heterocycles. The lowest BCUT2D eigenvalue weighted by Crippen LogP contribution is -2.60. The van der Waals surface area contributed by atoms with Crippen LogP contribution in [0.2, 0.25) is 0 Å². The van der Waals surface area contributed by atoms with Gasteiger partial charge in [0.05, 0.1) is 6.61 Å². The summed E-state index contributed by atoms with van der Waals surface area (Å²) in [6, 6.07) is 19.2. The van der Waals surface area contributed by atoms with Crippen molar-refractivity contribution in [1.82, 2.24) is 4.90 Å². The molecule has 1 amide bonds. The number of hydrogen-bond donors (Lipinski definition) is 0. The molecule has 0 bridgehead atoms. The van der Waals surface area contributed by atoms with Crippen LogP contribution in [0.15, 0.2) is 60.7 Å². The van der Waals surface area contributed by atoms with E-state index in [4.69, 9.17) is 9.47 Å². The summed E-state index contributed by atoms with van der Waals surface area (Å²) in [5.41, 5.74) is 1.04. The zero-order chi connectivity index (χ0) is 17.7. The maximum absolute atomic E-state index is 12.6. The van der Waals surface area contributed by atoms with Crippen LogP contribution in [0.25, 0.3) is 0 Å². The van der Waals surface area contributed by atoms with Crippen LogP contribution in [-0.4, -0.2) is 36.0 Å². The largest absolute Gasteiger partial charge is 0.457 e. The van der Waals surface area contributed by atoms with Gasteiger partial charge < -0.3 is 14.4 Å². The maximum atomic E-state index is 12.6. The van der Waals surface area contributed by atoms with E-state index in [1.54, 1.807) is 4.90 Å². The molecule has 3 rings (SSSR count). The molecule has 0 spiro atoms. The van der Waals surface area contributed by atoms with Crippen LogP contribution in [0.4, 0.5) is 0 Å². The van der Waals surface area contributed by atoms with E-state index in [2.05, 4.69) is 0 Å². The Hall–Kier alpha value is -2.66. The first kappa shape index (κ1) is 17.2. The third-order valence-electron chi connectivity index (χ3n) is 4.58. The minimum atomic E-state index is -0.798. The van der Waals surface area contributed by atoms with E-state index in [-0.39, 0.29) is 12.5 Å². The fourth-order valence-corrected chi connectivity index (χ4v) is 3.31.